The maximum Gasteiger partial charge on any atom is 0.217 e. The Morgan fingerprint density at radius 3 is 2.68 bits per heavy atom. The predicted octanol–water partition coefficient (Wildman–Crippen LogP) is 6.15. The van der Waals surface area contributed by atoms with Crippen molar-refractivity contribution in [3.63, 3.8) is 0 Å². The molecular weight excluding hydrogens is 466 g/mol. The summed E-state index contributed by atoms with van der Waals surface area (Å²) in [4.78, 5) is 11.5. The predicted molar refractivity (Wildman–Crippen MR) is 140 cm³/mol. The van der Waals surface area contributed by atoms with Gasteiger partial charge >= 0.3 is 0 Å². The monoisotopic (exact) mass is 489 g/mol. The first-order chi connectivity index (χ1) is 18.3. The number of rotatable bonds is 6. The van der Waals surface area contributed by atoms with E-state index in [4.69, 9.17) is 18.9 Å². The van der Waals surface area contributed by atoms with Crippen molar-refractivity contribution in [3.05, 3.63) is 103 Å². The number of aromatic amines is 1. The van der Waals surface area contributed by atoms with Gasteiger partial charge in [0.25, 0.3) is 0 Å². The molecule has 3 aromatic carbocycles. The van der Waals surface area contributed by atoms with Crippen molar-refractivity contribution in [1.82, 2.24) is 20.2 Å². The molecule has 6 aromatic rings. The van der Waals surface area contributed by atoms with E-state index in [1.807, 2.05) is 42.6 Å². The first kappa shape index (κ1) is 21.7. The summed E-state index contributed by atoms with van der Waals surface area (Å²) in [6.07, 6.45) is 3.00. The third-order valence-corrected chi connectivity index (χ3v) is 6.55. The van der Waals surface area contributed by atoms with E-state index in [1.54, 1.807) is 6.33 Å². The second kappa shape index (κ2) is 9.16. The van der Waals surface area contributed by atoms with Crippen LogP contribution in [0.25, 0.3) is 33.1 Å². The first-order valence-corrected chi connectivity index (χ1v) is 12.1. The van der Waals surface area contributed by atoms with Gasteiger partial charge in [0.1, 0.15) is 17.9 Å². The maximum absolute atomic E-state index is 6.11. The number of nitrogens with one attached hydrogen (secondary N) is 1. The van der Waals surface area contributed by atoms with Crippen molar-refractivity contribution in [3.8, 4) is 11.3 Å². The third-order valence-electron chi connectivity index (χ3n) is 6.55. The second-order valence-electron chi connectivity index (χ2n) is 8.92. The summed E-state index contributed by atoms with van der Waals surface area (Å²) < 4.78 is 17.3. The van der Waals surface area contributed by atoms with Crippen molar-refractivity contribution < 1.29 is 13.9 Å². The van der Waals surface area contributed by atoms with Gasteiger partial charge in [-0.25, -0.2) is 9.97 Å². The van der Waals surface area contributed by atoms with Gasteiger partial charge in [0.15, 0.2) is 5.76 Å². The van der Waals surface area contributed by atoms with Crippen molar-refractivity contribution in [2.24, 2.45) is 0 Å². The second-order valence-corrected chi connectivity index (χ2v) is 8.92. The van der Waals surface area contributed by atoms with Crippen LogP contribution in [0.4, 0.5) is 11.5 Å². The van der Waals surface area contributed by atoms with E-state index in [0.29, 0.717) is 25.5 Å². The normalized spacial score (nSPS) is 14.1. The van der Waals surface area contributed by atoms with Crippen LogP contribution in [0.3, 0.4) is 0 Å². The van der Waals surface area contributed by atoms with E-state index < -0.39 is 6.29 Å². The van der Waals surface area contributed by atoms with Gasteiger partial charge in [0, 0.05) is 28.6 Å². The van der Waals surface area contributed by atoms with Crippen molar-refractivity contribution in [2.75, 3.05) is 18.1 Å². The molecule has 1 N–H and O–H groups in total. The van der Waals surface area contributed by atoms with E-state index in [1.165, 1.54) is 5.56 Å². The number of ether oxygens (including phenoxy) is 2. The highest BCUT2D eigenvalue weighted by Gasteiger charge is 2.23. The van der Waals surface area contributed by atoms with Crippen molar-refractivity contribution in [1.29, 1.82) is 0 Å². The number of furan rings is 1. The summed E-state index contributed by atoms with van der Waals surface area (Å²) in [5.74, 6) is 2.21. The lowest BCUT2D eigenvalue weighted by atomic mass is 10.1. The molecule has 37 heavy (non-hydrogen) atoms. The maximum atomic E-state index is 6.11. The zero-order chi connectivity index (χ0) is 24.6. The summed E-state index contributed by atoms with van der Waals surface area (Å²) in [5, 5.41) is 9.18. The molecule has 1 saturated heterocycles. The van der Waals surface area contributed by atoms with Crippen LogP contribution in [-0.2, 0) is 16.0 Å². The molecule has 8 nitrogen and oxygen atoms in total. The van der Waals surface area contributed by atoms with E-state index in [-0.39, 0.29) is 0 Å². The van der Waals surface area contributed by atoms with Gasteiger partial charge in [0.2, 0.25) is 6.29 Å². The Balaban J connectivity index is 1.34. The Hall–Kier alpha value is -4.53. The minimum absolute atomic E-state index is 0.452. The molecule has 182 valence electrons. The molecule has 0 amide bonds. The molecule has 7 rings (SSSR count). The van der Waals surface area contributed by atoms with Gasteiger partial charge in [-0.3, -0.25) is 5.10 Å². The van der Waals surface area contributed by atoms with Gasteiger partial charge < -0.3 is 18.8 Å². The molecule has 1 fully saturated rings. The average Bonchev–Trinajstić information content (AvgIpc) is 3.73. The molecule has 0 unspecified atom stereocenters. The molecular formula is C29H23N5O3. The topological polar surface area (TPSA) is 89.3 Å². The van der Waals surface area contributed by atoms with Crippen LogP contribution in [0.1, 0.15) is 17.6 Å². The zero-order valence-corrected chi connectivity index (χ0v) is 19.9. The van der Waals surface area contributed by atoms with Crippen LogP contribution < -0.4 is 4.90 Å². The molecule has 0 atom stereocenters. The molecule has 3 aromatic heterocycles. The van der Waals surface area contributed by atoms with Crippen LogP contribution in [0.2, 0.25) is 0 Å². The van der Waals surface area contributed by atoms with E-state index in [9.17, 15) is 0 Å². The fourth-order valence-corrected chi connectivity index (χ4v) is 4.72. The largest absolute Gasteiger partial charge is 0.456 e. The molecule has 0 bridgehead atoms. The Labute approximate surface area is 212 Å². The summed E-state index contributed by atoms with van der Waals surface area (Å²) in [5.41, 5.74) is 4.95. The van der Waals surface area contributed by atoms with Gasteiger partial charge in [0.05, 0.1) is 30.4 Å². The lowest BCUT2D eigenvalue weighted by Crippen LogP contribution is -2.18. The Bertz CT molecular complexity index is 1690. The van der Waals surface area contributed by atoms with Gasteiger partial charge in [-0.15, -0.1) is 0 Å². The fraction of sp³-hybridized carbons (Fsp3) is 0.138. The highest BCUT2D eigenvalue weighted by Crippen LogP contribution is 2.36. The summed E-state index contributed by atoms with van der Waals surface area (Å²) in [7, 11) is 0. The van der Waals surface area contributed by atoms with Crippen LogP contribution >= 0.6 is 0 Å². The highest BCUT2D eigenvalue weighted by atomic mass is 16.7. The third kappa shape index (κ3) is 4.12. The Kier molecular flexibility index (Phi) is 5.38. The van der Waals surface area contributed by atoms with Crippen molar-refractivity contribution >= 4 is 33.3 Å². The van der Waals surface area contributed by atoms with Crippen LogP contribution in [0.15, 0.2) is 95.8 Å². The quantitative estimate of drug-likeness (QED) is 0.300. The Morgan fingerprint density at radius 2 is 1.78 bits per heavy atom. The van der Waals surface area contributed by atoms with Crippen LogP contribution in [0.5, 0.6) is 0 Å². The lowest BCUT2D eigenvalue weighted by Gasteiger charge is -2.25. The molecule has 1 aliphatic rings. The van der Waals surface area contributed by atoms with E-state index in [2.05, 4.69) is 62.5 Å². The number of nitrogens with zero attached hydrogens (tertiary/aromatic N) is 4. The number of H-pyrrole nitrogens is 1. The fourth-order valence-electron chi connectivity index (χ4n) is 4.72. The standard InChI is InChI=1S/C29H23N5O3/c1-2-4-19(5-3-1)17-34(22-7-9-24-21(14-22)16-32-33-24)28-23-15-20(6-8-25(23)30-18-31-28)26-10-11-27(37-26)29-35-12-13-36-29/h1-11,14-16,18,29H,12-13,17H2,(H,32,33). The number of hydrogen-bond donors (Lipinski definition) is 1. The molecule has 8 heteroatoms. The minimum Gasteiger partial charge on any atom is -0.456 e. The molecule has 1 aliphatic heterocycles. The molecule has 4 heterocycles. The molecule has 0 aliphatic carbocycles. The van der Waals surface area contributed by atoms with Crippen LogP contribution in [0, 0.1) is 0 Å². The molecule has 0 radical (unpaired) electrons. The van der Waals surface area contributed by atoms with Gasteiger partial charge in [-0.1, -0.05) is 30.3 Å². The van der Waals surface area contributed by atoms with Gasteiger partial charge in [-0.2, -0.15) is 5.10 Å². The number of aromatic nitrogens is 4. The Morgan fingerprint density at radius 1 is 0.892 bits per heavy atom. The molecule has 0 saturated carbocycles. The zero-order valence-electron chi connectivity index (χ0n) is 19.9. The minimum atomic E-state index is -0.452. The molecule has 0 spiro atoms. The van der Waals surface area contributed by atoms with E-state index in [0.717, 1.165) is 44.6 Å². The first-order valence-electron chi connectivity index (χ1n) is 12.1. The van der Waals surface area contributed by atoms with Crippen LogP contribution in [-0.4, -0.2) is 33.4 Å². The number of benzene rings is 3. The van der Waals surface area contributed by atoms with Crippen molar-refractivity contribution in [2.45, 2.75) is 12.8 Å². The van der Waals surface area contributed by atoms with Gasteiger partial charge in [-0.05, 0) is 54.1 Å². The highest BCUT2D eigenvalue weighted by molar-refractivity contribution is 5.95. The summed E-state index contributed by atoms with van der Waals surface area (Å²) in [6.45, 7) is 1.78. The summed E-state index contributed by atoms with van der Waals surface area (Å²) in [6, 6.07) is 26.6. The SMILES string of the molecule is c1ccc(CN(c2ccc3[nH]ncc3c2)c2ncnc3ccc(-c4ccc(C5OCCO5)o4)cc23)cc1. The number of anilines is 2. The number of hydrogen-bond acceptors (Lipinski definition) is 7. The summed E-state index contributed by atoms with van der Waals surface area (Å²) >= 11 is 0. The van der Waals surface area contributed by atoms with E-state index >= 15 is 0 Å². The lowest BCUT2D eigenvalue weighted by molar-refractivity contribution is -0.0585. The number of fused-ring (bicyclic) bond motifs is 2. The average molecular weight is 490 g/mol. The smallest absolute Gasteiger partial charge is 0.217 e.